The van der Waals surface area contributed by atoms with Gasteiger partial charge in [0.05, 0.1) is 17.6 Å². The lowest BCUT2D eigenvalue weighted by atomic mass is 10.3. The second kappa shape index (κ2) is 4.18. The van der Waals surface area contributed by atoms with Gasteiger partial charge < -0.3 is 9.72 Å². The molecular weight excluding hydrogens is 307 g/mol. The zero-order valence-electron chi connectivity index (χ0n) is 8.08. The van der Waals surface area contributed by atoms with Crippen LogP contribution in [-0.4, -0.2) is 22.5 Å². The minimum Gasteiger partial charge on any atom is -0.460 e. The number of nitrogens with one attached hydrogen (secondary N) is 1. The summed E-state index contributed by atoms with van der Waals surface area (Å²) in [6.07, 6.45) is 0. The van der Waals surface area contributed by atoms with Crippen LogP contribution in [0.25, 0.3) is 11.0 Å². The van der Waals surface area contributed by atoms with Gasteiger partial charge in [0.25, 0.3) is 0 Å². The number of aromatic nitrogens is 2. The Morgan fingerprint density at radius 2 is 2.40 bits per heavy atom. The van der Waals surface area contributed by atoms with Gasteiger partial charge in [0.2, 0.25) is 5.82 Å². The van der Waals surface area contributed by atoms with Crippen molar-refractivity contribution in [2.75, 3.05) is 6.61 Å². The van der Waals surface area contributed by atoms with Gasteiger partial charge in [-0.05, 0) is 47.7 Å². The van der Waals surface area contributed by atoms with Gasteiger partial charge in [-0.2, -0.15) is 0 Å². The highest BCUT2D eigenvalue weighted by molar-refractivity contribution is 14.1. The summed E-state index contributed by atoms with van der Waals surface area (Å²) < 4.78 is 5.95. The Balaban J connectivity index is 2.42. The van der Waals surface area contributed by atoms with E-state index in [9.17, 15) is 4.79 Å². The molecular formula is C10H9IN2O2. The fourth-order valence-electron chi connectivity index (χ4n) is 1.28. The van der Waals surface area contributed by atoms with E-state index in [4.69, 9.17) is 4.74 Å². The van der Waals surface area contributed by atoms with E-state index in [0.29, 0.717) is 6.61 Å². The molecule has 0 atom stereocenters. The highest BCUT2D eigenvalue weighted by Crippen LogP contribution is 2.15. The number of esters is 1. The highest BCUT2D eigenvalue weighted by Gasteiger charge is 2.11. The average Bonchev–Trinajstić information content (AvgIpc) is 2.60. The lowest BCUT2D eigenvalue weighted by Crippen LogP contribution is -2.06. The van der Waals surface area contributed by atoms with Crippen molar-refractivity contribution in [1.82, 2.24) is 9.97 Å². The number of H-pyrrole nitrogens is 1. The molecule has 0 bridgehead atoms. The van der Waals surface area contributed by atoms with E-state index in [0.717, 1.165) is 14.6 Å². The number of ether oxygens (including phenoxy) is 1. The van der Waals surface area contributed by atoms with Crippen LogP contribution < -0.4 is 0 Å². The van der Waals surface area contributed by atoms with Gasteiger partial charge in [0.1, 0.15) is 0 Å². The first kappa shape index (κ1) is 10.4. The van der Waals surface area contributed by atoms with E-state index >= 15 is 0 Å². The molecule has 1 aromatic carbocycles. The third-order valence-electron chi connectivity index (χ3n) is 1.91. The van der Waals surface area contributed by atoms with Gasteiger partial charge in [-0.15, -0.1) is 0 Å². The summed E-state index contributed by atoms with van der Waals surface area (Å²) >= 11 is 2.21. The molecule has 15 heavy (non-hydrogen) atoms. The highest BCUT2D eigenvalue weighted by atomic mass is 127. The topological polar surface area (TPSA) is 55.0 Å². The molecule has 4 nitrogen and oxygen atoms in total. The predicted molar refractivity (Wildman–Crippen MR) is 64.8 cm³/mol. The minimum atomic E-state index is -0.413. The van der Waals surface area contributed by atoms with Crippen LogP contribution >= 0.6 is 22.6 Å². The molecule has 2 rings (SSSR count). The Labute approximate surface area is 100 Å². The summed E-state index contributed by atoms with van der Waals surface area (Å²) in [5.74, 6) is -0.155. The largest absolute Gasteiger partial charge is 0.460 e. The zero-order chi connectivity index (χ0) is 10.8. The average molecular weight is 316 g/mol. The second-order valence-corrected chi connectivity index (χ2v) is 4.21. The molecule has 78 valence electrons. The number of hydrogen-bond donors (Lipinski definition) is 1. The van der Waals surface area contributed by atoms with Crippen LogP contribution in [-0.2, 0) is 4.74 Å². The number of benzene rings is 1. The molecule has 0 spiro atoms. The molecule has 2 aromatic rings. The first-order valence-corrected chi connectivity index (χ1v) is 5.61. The number of halogens is 1. The molecule has 0 amide bonds. The monoisotopic (exact) mass is 316 g/mol. The van der Waals surface area contributed by atoms with Crippen LogP contribution in [0.3, 0.4) is 0 Å². The lowest BCUT2D eigenvalue weighted by Gasteiger charge is -1.95. The third-order valence-corrected chi connectivity index (χ3v) is 2.58. The zero-order valence-corrected chi connectivity index (χ0v) is 10.2. The maximum atomic E-state index is 11.4. The van der Waals surface area contributed by atoms with Gasteiger partial charge in [0.15, 0.2) is 0 Å². The van der Waals surface area contributed by atoms with Gasteiger partial charge in [-0.1, -0.05) is 0 Å². The molecule has 1 aromatic heterocycles. The molecule has 1 N–H and O–H groups in total. The molecule has 0 saturated carbocycles. The maximum absolute atomic E-state index is 11.4. The van der Waals surface area contributed by atoms with Crippen LogP contribution in [0.1, 0.15) is 17.5 Å². The van der Waals surface area contributed by atoms with E-state index in [1.165, 1.54) is 0 Å². The quantitative estimate of drug-likeness (QED) is 0.683. The Morgan fingerprint density at radius 3 is 3.13 bits per heavy atom. The van der Waals surface area contributed by atoms with Gasteiger partial charge in [0, 0.05) is 3.57 Å². The fraction of sp³-hybridized carbons (Fsp3) is 0.200. The minimum absolute atomic E-state index is 0.258. The fourth-order valence-corrected chi connectivity index (χ4v) is 1.77. The SMILES string of the molecule is CCOC(=O)c1nc2ccc(I)cc2[nH]1. The van der Waals surface area contributed by atoms with Gasteiger partial charge in [-0.3, -0.25) is 0 Å². The molecule has 0 radical (unpaired) electrons. The molecule has 0 aliphatic rings. The number of fused-ring (bicyclic) bond motifs is 1. The summed E-state index contributed by atoms with van der Waals surface area (Å²) in [6, 6.07) is 5.75. The van der Waals surface area contributed by atoms with Gasteiger partial charge in [-0.25, -0.2) is 9.78 Å². The molecule has 1 heterocycles. The van der Waals surface area contributed by atoms with Crippen LogP contribution in [0.5, 0.6) is 0 Å². The molecule has 5 heteroatoms. The first-order chi connectivity index (χ1) is 7.20. The van der Waals surface area contributed by atoms with Crippen LogP contribution in [0, 0.1) is 3.57 Å². The number of rotatable bonds is 2. The molecule has 0 aliphatic carbocycles. The summed E-state index contributed by atoms with van der Waals surface area (Å²) in [5, 5.41) is 0. The summed E-state index contributed by atoms with van der Waals surface area (Å²) in [4.78, 5) is 18.5. The van der Waals surface area contributed by atoms with Gasteiger partial charge >= 0.3 is 5.97 Å². The Kier molecular flexibility index (Phi) is 2.90. The Bertz CT molecular complexity index is 507. The van der Waals surface area contributed by atoms with Crippen molar-refractivity contribution in [1.29, 1.82) is 0 Å². The standard InChI is InChI=1S/C10H9IN2O2/c1-2-15-10(14)9-12-7-4-3-6(11)5-8(7)13-9/h3-5H,2H2,1H3,(H,12,13). The smallest absolute Gasteiger partial charge is 0.374 e. The normalized spacial score (nSPS) is 10.5. The van der Waals surface area contributed by atoms with Crippen molar-refractivity contribution in [2.24, 2.45) is 0 Å². The molecule has 0 fully saturated rings. The number of carbonyl (C=O) groups is 1. The lowest BCUT2D eigenvalue weighted by molar-refractivity contribution is 0.0514. The van der Waals surface area contributed by atoms with E-state index in [1.807, 2.05) is 18.2 Å². The second-order valence-electron chi connectivity index (χ2n) is 2.97. The molecule has 0 aliphatic heterocycles. The number of carbonyl (C=O) groups excluding carboxylic acids is 1. The molecule has 0 saturated heterocycles. The van der Waals surface area contributed by atoms with E-state index < -0.39 is 5.97 Å². The van der Waals surface area contributed by atoms with E-state index in [-0.39, 0.29) is 5.82 Å². The summed E-state index contributed by atoms with van der Waals surface area (Å²) in [5.41, 5.74) is 1.63. The maximum Gasteiger partial charge on any atom is 0.374 e. The van der Waals surface area contributed by atoms with Crippen LogP contribution in [0.15, 0.2) is 18.2 Å². The van der Waals surface area contributed by atoms with Crippen molar-refractivity contribution in [3.63, 3.8) is 0 Å². The number of imidazole rings is 1. The molecule has 0 unspecified atom stereocenters. The van der Waals surface area contributed by atoms with Crippen molar-refractivity contribution in [3.05, 3.63) is 27.6 Å². The first-order valence-electron chi connectivity index (χ1n) is 4.53. The van der Waals surface area contributed by atoms with E-state index in [2.05, 4.69) is 32.6 Å². The van der Waals surface area contributed by atoms with Crippen molar-refractivity contribution < 1.29 is 9.53 Å². The Morgan fingerprint density at radius 1 is 1.60 bits per heavy atom. The van der Waals surface area contributed by atoms with Crippen molar-refractivity contribution in [3.8, 4) is 0 Å². The predicted octanol–water partition coefficient (Wildman–Crippen LogP) is 2.34. The van der Waals surface area contributed by atoms with Crippen LogP contribution in [0.4, 0.5) is 0 Å². The number of nitrogens with zero attached hydrogens (tertiary/aromatic N) is 1. The Hall–Kier alpha value is -1.11. The third kappa shape index (κ3) is 2.11. The van der Waals surface area contributed by atoms with Crippen molar-refractivity contribution in [2.45, 2.75) is 6.92 Å². The van der Waals surface area contributed by atoms with Crippen molar-refractivity contribution >= 4 is 39.6 Å². The summed E-state index contributed by atoms with van der Waals surface area (Å²) in [7, 11) is 0. The summed E-state index contributed by atoms with van der Waals surface area (Å²) in [6.45, 7) is 2.12. The van der Waals surface area contributed by atoms with Crippen LogP contribution in [0.2, 0.25) is 0 Å². The van der Waals surface area contributed by atoms with E-state index in [1.54, 1.807) is 6.92 Å². The number of hydrogen-bond acceptors (Lipinski definition) is 3. The number of aromatic amines is 1.